The molecule has 0 saturated heterocycles. The highest BCUT2D eigenvalue weighted by molar-refractivity contribution is 4.79. The Labute approximate surface area is 75.8 Å². The third-order valence-electron chi connectivity index (χ3n) is 2.21. The second-order valence-electron chi connectivity index (χ2n) is 4.19. The van der Waals surface area contributed by atoms with Crippen molar-refractivity contribution in [2.75, 3.05) is 27.2 Å². The second-order valence-corrected chi connectivity index (χ2v) is 4.19. The summed E-state index contributed by atoms with van der Waals surface area (Å²) in [5.41, 5.74) is 0.148. The quantitative estimate of drug-likeness (QED) is 0.629. The third kappa shape index (κ3) is 4.70. The van der Waals surface area contributed by atoms with Crippen molar-refractivity contribution < 1.29 is 5.11 Å². The van der Waals surface area contributed by atoms with Gasteiger partial charge in [0.25, 0.3) is 0 Å². The van der Waals surface area contributed by atoms with Crippen LogP contribution in [0.3, 0.4) is 0 Å². The molecule has 74 valence electrons. The number of hydrogen-bond donors (Lipinski definition) is 2. The summed E-state index contributed by atoms with van der Waals surface area (Å²) in [6.45, 7) is 7.68. The Hall–Kier alpha value is -0.120. The van der Waals surface area contributed by atoms with E-state index in [2.05, 4.69) is 38.2 Å². The van der Waals surface area contributed by atoms with Crippen molar-refractivity contribution in [3.63, 3.8) is 0 Å². The van der Waals surface area contributed by atoms with Crippen molar-refractivity contribution in [3.8, 4) is 0 Å². The Morgan fingerprint density at radius 1 is 1.42 bits per heavy atom. The van der Waals surface area contributed by atoms with Gasteiger partial charge >= 0.3 is 0 Å². The second kappa shape index (κ2) is 4.80. The summed E-state index contributed by atoms with van der Waals surface area (Å²) >= 11 is 0. The largest absolute Gasteiger partial charge is 0.392 e. The molecule has 0 heterocycles. The van der Waals surface area contributed by atoms with E-state index in [1.54, 1.807) is 6.92 Å². The Morgan fingerprint density at radius 3 is 2.25 bits per heavy atom. The van der Waals surface area contributed by atoms with Gasteiger partial charge < -0.3 is 15.3 Å². The SMILES string of the molecule is CC(O)CNCC(C)(C)N(C)C. The van der Waals surface area contributed by atoms with E-state index >= 15 is 0 Å². The third-order valence-corrected chi connectivity index (χ3v) is 2.21. The molecule has 0 aliphatic heterocycles. The van der Waals surface area contributed by atoms with E-state index in [9.17, 15) is 0 Å². The average molecular weight is 174 g/mol. The Balaban J connectivity index is 3.61. The molecule has 3 heteroatoms. The fourth-order valence-corrected chi connectivity index (χ4v) is 0.745. The van der Waals surface area contributed by atoms with Crippen LogP contribution in [0, 0.1) is 0 Å². The molecule has 0 bridgehead atoms. The van der Waals surface area contributed by atoms with Gasteiger partial charge in [0.2, 0.25) is 0 Å². The van der Waals surface area contributed by atoms with Crippen LogP contribution in [0.15, 0.2) is 0 Å². The fraction of sp³-hybridized carbons (Fsp3) is 1.00. The van der Waals surface area contributed by atoms with E-state index in [0.29, 0.717) is 6.54 Å². The van der Waals surface area contributed by atoms with Crippen LogP contribution in [0.2, 0.25) is 0 Å². The predicted octanol–water partition coefficient (Wildman–Crippen LogP) is 0.297. The lowest BCUT2D eigenvalue weighted by Gasteiger charge is -2.33. The molecule has 0 rings (SSSR count). The predicted molar refractivity (Wildman–Crippen MR) is 52.3 cm³/mol. The van der Waals surface area contributed by atoms with Crippen LogP contribution in [0.5, 0.6) is 0 Å². The molecule has 0 radical (unpaired) electrons. The summed E-state index contributed by atoms with van der Waals surface area (Å²) in [6, 6.07) is 0. The Bertz CT molecular complexity index is 122. The molecule has 0 aromatic heterocycles. The molecule has 1 atom stereocenters. The van der Waals surface area contributed by atoms with Gasteiger partial charge in [0, 0.05) is 18.6 Å². The number of aliphatic hydroxyl groups excluding tert-OH is 1. The highest BCUT2D eigenvalue weighted by Crippen LogP contribution is 2.07. The van der Waals surface area contributed by atoms with Gasteiger partial charge in [0.15, 0.2) is 0 Å². The summed E-state index contributed by atoms with van der Waals surface area (Å²) in [6.07, 6.45) is -0.261. The van der Waals surface area contributed by atoms with Gasteiger partial charge in [-0.1, -0.05) is 0 Å². The van der Waals surface area contributed by atoms with Crippen molar-refractivity contribution in [1.29, 1.82) is 0 Å². The molecule has 0 spiro atoms. The van der Waals surface area contributed by atoms with Gasteiger partial charge in [-0.2, -0.15) is 0 Å². The monoisotopic (exact) mass is 174 g/mol. The van der Waals surface area contributed by atoms with Gasteiger partial charge in [-0.05, 0) is 34.9 Å². The molecule has 0 aromatic rings. The van der Waals surface area contributed by atoms with Crippen LogP contribution < -0.4 is 5.32 Å². The molecular weight excluding hydrogens is 152 g/mol. The minimum Gasteiger partial charge on any atom is -0.392 e. The molecule has 3 nitrogen and oxygen atoms in total. The van der Waals surface area contributed by atoms with Gasteiger partial charge in [-0.25, -0.2) is 0 Å². The standard InChI is InChI=1S/C9H22N2O/c1-8(12)6-10-7-9(2,3)11(4)5/h8,10,12H,6-7H2,1-5H3. The van der Waals surface area contributed by atoms with Crippen LogP contribution in [0.1, 0.15) is 20.8 Å². The van der Waals surface area contributed by atoms with E-state index in [4.69, 9.17) is 5.11 Å². The maximum atomic E-state index is 9.01. The van der Waals surface area contributed by atoms with Crippen LogP contribution >= 0.6 is 0 Å². The molecule has 0 aromatic carbocycles. The lowest BCUT2D eigenvalue weighted by molar-refractivity contribution is 0.161. The van der Waals surface area contributed by atoms with Crippen molar-refractivity contribution >= 4 is 0 Å². The van der Waals surface area contributed by atoms with Gasteiger partial charge in [0.1, 0.15) is 0 Å². The molecule has 0 amide bonds. The first kappa shape index (κ1) is 11.9. The summed E-state index contributed by atoms with van der Waals surface area (Å²) in [5.74, 6) is 0. The molecular formula is C9H22N2O. The topological polar surface area (TPSA) is 35.5 Å². The van der Waals surface area contributed by atoms with Crippen LogP contribution in [0.4, 0.5) is 0 Å². The van der Waals surface area contributed by atoms with E-state index < -0.39 is 0 Å². The van der Waals surface area contributed by atoms with Gasteiger partial charge in [0.05, 0.1) is 6.10 Å². The minimum atomic E-state index is -0.261. The maximum Gasteiger partial charge on any atom is 0.0636 e. The maximum absolute atomic E-state index is 9.01. The fourth-order valence-electron chi connectivity index (χ4n) is 0.745. The number of hydrogen-bond acceptors (Lipinski definition) is 3. The number of rotatable bonds is 5. The summed E-state index contributed by atoms with van der Waals surface area (Å²) < 4.78 is 0. The molecule has 0 fully saturated rings. The zero-order chi connectivity index (χ0) is 9.78. The number of likely N-dealkylation sites (N-methyl/N-ethyl adjacent to an activating group) is 1. The zero-order valence-electron chi connectivity index (χ0n) is 8.89. The van der Waals surface area contributed by atoms with Crippen LogP contribution in [0.25, 0.3) is 0 Å². The lowest BCUT2D eigenvalue weighted by atomic mass is 10.0. The van der Waals surface area contributed by atoms with E-state index in [0.717, 1.165) is 6.54 Å². The summed E-state index contributed by atoms with van der Waals surface area (Å²) in [4.78, 5) is 2.17. The molecule has 0 saturated carbocycles. The normalized spacial score (nSPS) is 15.2. The first-order valence-corrected chi connectivity index (χ1v) is 4.42. The summed E-state index contributed by atoms with van der Waals surface area (Å²) in [5, 5.41) is 12.2. The zero-order valence-corrected chi connectivity index (χ0v) is 8.89. The smallest absolute Gasteiger partial charge is 0.0636 e. The lowest BCUT2D eigenvalue weighted by Crippen LogP contribution is -2.47. The van der Waals surface area contributed by atoms with Gasteiger partial charge in [-0.15, -0.1) is 0 Å². The summed E-state index contributed by atoms with van der Waals surface area (Å²) in [7, 11) is 4.12. The Kier molecular flexibility index (Phi) is 4.75. The van der Waals surface area contributed by atoms with E-state index in [1.165, 1.54) is 0 Å². The molecule has 2 N–H and O–H groups in total. The Morgan fingerprint density at radius 2 is 1.92 bits per heavy atom. The molecule has 12 heavy (non-hydrogen) atoms. The highest BCUT2D eigenvalue weighted by atomic mass is 16.3. The van der Waals surface area contributed by atoms with E-state index in [-0.39, 0.29) is 11.6 Å². The molecule has 1 unspecified atom stereocenters. The van der Waals surface area contributed by atoms with Crippen LogP contribution in [-0.4, -0.2) is 48.8 Å². The van der Waals surface area contributed by atoms with Gasteiger partial charge in [-0.3, -0.25) is 0 Å². The van der Waals surface area contributed by atoms with Crippen molar-refractivity contribution in [3.05, 3.63) is 0 Å². The number of aliphatic hydroxyl groups is 1. The minimum absolute atomic E-state index is 0.148. The molecule has 0 aliphatic rings. The first-order valence-electron chi connectivity index (χ1n) is 4.42. The number of nitrogens with zero attached hydrogens (tertiary/aromatic N) is 1. The van der Waals surface area contributed by atoms with Crippen LogP contribution in [-0.2, 0) is 0 Å². The van der Waals surface area contributed by atoms with Crippen molar-refractivity contribution in [2.24, 2.45) is 0 Å². The average Bonchev–Trinajstić information content (AvgIpc) is 1.85. The number of nitrogens with one attached hydrogen (secondary N) is 1. The van der Waals surface area contributed by atoms with E-state index in [1.807, 2.05) is 0 Å². The van der Waals surface area contributed by atoms with Crippen molar-refractivity contribution in [2.45, 2.75) is 32.4 Å². The highest BCUT2D eigenvalue weighted by Gasteiger charge is 2.19. The molecule has 0 aliphatic carbocycles. The van der Waals surface area contributed by atoms with Crippen molar-refractivity contribution in [1.82, 2.24) is 10.2 Å². The first-order chi connectivity index (χ1) is 5.36.